The Balaban J connectivity index is 1.44. The minimum absolute atomic E-state index is 0.0746. The van der Waals surface area contributed by atoms with Crippen LogP contribution in [0.15, 0.2) is 30.5 Å². The molecule has 0 saturated carbocycles. The van der Waals surface area contributed by atoms with E-state index in [1.807, 2.05) is 0 Å². The van der Waals surface area contributed by atoms with Crippen molar-refractivity contribution in [2.75, 3.05) is 31.5 Å². The van der Waals surface area contributed by atoms with Crippen LogP contribution in [-0.2, 0) is 10.2 Å². The molecule has 30 heavy (non-hydrogen) atoms. The third kappa shape index (κ3) is 4.34. The Morgan fingerprint density at radius 1 is 1.13 bits per heavy atom. The Hall–Kier alpha value is -2.07. The number of benzene rings is 1. The van der Waals surface area contributed by atoms with E-state index in [0.29, 0.717) is 60.4 Å². The third-order valence-electron chi connectivity index (χ3n) is 5.58. The molecule has 4 rings (SSSR count). The number of anilines is 1. The van der Waals surface area contributed by atoms with Crippen LogP contribution in [0.2, 0.25) is 5.02 Å². The van der Waals surface area contributed by atoms with Gasteiger partial charge in [-0.05, 0) is 50.5 Å². The van der Waals surface area contributed by atoms with Gasteiger partial charge in [0.1, 0.15) is 5.82 Å². The molecule has 0 unspecified atom stereocenters. The van der Waals surface area contributed by atoms with E-state index >= 15 is 0 Å². The van der Waals surface area contributed by atoms with E-state index in [4.69, 9.17) is 11.6 Å². The molecule has 2 fully saturated rings. The van der Waals surface area contributed by atoms with Gasteiger partial charge in [-0.2, -0.15) is 17.0 Å². The molecule has 1 atom stereocenters. The number of rotatable bonds is 5. The van der Waals surface area contributed by atoms with E-state index in [9.17, 15) is 13.2 Å². The number of carbonyl (C=O) groups excluding carboxylic acids is 1. The number of aromatic nitrogens is 2. The van der Waals surface area contributed by atoms with E-state index < -0.39 is 10.2 Å². The summed E-state index contributed by atoms with van der Waals surface area (Å²) >= 11 is 5.87. The SMILES string of the molecule is Cc1nc([C@H]2CCN(S(=O)(=O)N3CCCC3)C2)ncc1C(=O)Nc1ccc(Cl)cc1. The first-order valence-electron chi connectivity index (χ1n) is 10.0. The predicted octanol–water partition coefficient (Wildman–Crippen LogP) is 2.82. The fourth-order valence-electron chi connectivity index (χ4n) is 3.87. The van der Waals surface area contributed by atoms with Crippen molar-refractivity contribution in [2.24, 2.45) is 0 Å². The van der Waals surface area contributed by atoms with Crippen molar-refractivity contribution in [1.82, 2.24) is 18.6 Å². The Morgan fingerprint density at radius 3 is 2.50 bits per heavy atom. The minimum Gasteiger partial charge on any atom is -0.322 e. The lowest BCUT2D eigenvalue weighted by atomic mass is 10.1. The molecule has 2 aromatic rings. The van der Waals surface area contributed by atoms with Crippen LogP contribution in [0.25, 0.3) is 0 Å². The van der Waals surface area contributed by atoms with Crippen molar-refractivity contribution in [3.05, 3.63) is 52.6 Å². The molecule has 8 nitrogen and oxygen atoms in total. The first kappa shape index (κ1) is 21.2. The van der Waals surface area contributed by atoms with E-state index in [-0.39, 0.29) is 11.8 Å². The van der Waals surface area contributed by atoms with Crippen LogP contribution in [0.3, 0.4) is 0 Å². The molecular formula is C20H24ClN5O3S. The van der Waals surface area contributed by atoms with Crippen LogP contribution >= 0.6 is 11.6 Å². The Kier molecular flexibility index (Phi) is 6.06. The molecule has 2 aliphatic rings. The van der Waals surface area contributed by atoms with Gasteiger partial charge in [-0.15, -0.1) is 0 Å². The summed E-state index contributed by atoms with van der Waals surface area (Å²) in [6.45, 7) is 3.78. The van der Waals surface area contributed by atoms with Gasteiger partial charge in [0.15, 0.2) is 0 Å². The number of hydrogen-bond donors (Lipinski definition) is 1. The fraction of sp³-hybridized carbons (Fsp3) is 0.450. The van der Waals surface area contributed by atoms with E-state index in [2.05, 4.69) is 15.3 Å². The quantitative estimate of drug-likeness (QED) is 0.757. The summed E-state index contributed by atoms with van der Waals surface area (Å²) in [6.07, 6.45) is 4.01. The smallest absolute Gasteiger partial charge is 0.281 e. The molecule has 3 heterocycles. The van der Waals surface area contributed by atoms with Crippen molar-refractivity contribution in [3.63, 3.8) is 0 Å². The Morgan fingerprint density at radius 2 is 1.83 bits per heavy atom. The van der Waals surface area contributed by atoms with Crippen molar-refractivity contribution in [1.29, 1.82) is 0 Å². The summed E-state index contributed by atoms with van der Waals surface area (Å²) < 4.78 is 28.6. The van der Waals surface area contributed by atoms with Crippen LogP contribution < -0.4 is 5.32 Å². The molecule has 0 radical (unpaired) electrons. The highest BCUT2D eigenvalue weighted by Crippen LogP contribution is 2.29. The predicted molar refractivity (Wildman–Crippen MR) is 115 cm³/mol. The maximum absolute atomic E-state index is 12.8. The molecule has 1 aromatic heterocycles. The van der Waals surface area contributed by atoms with E-state index in [1.54, 1.807) is 35.5 Å². The number of aryl methyl sites for hydroxylation is 1. The minimum atomic E-state index is -3.41. The number of nitrogens with one attached hydrogen (secondary N) is 1. The highest BCUT2D eigenvalue weighted by molar-refractivity contribution is 7.86. The topological polar surface area (TPSA) is 95.5 Å². The zero-order valence-electron chi connectivity index (χ0n) is 16.7. The molecule has 0 aliphatic carbocycles. The summed E-state index contributed by atoms with van der Waals surface area (Å²) in [6, 6.07) is 6.84. The van der Waals surface area contributed by atoms with Gasteiger partial charge in [-0.25, -0.2) is 9.97 Å². The van der Waals surface area contributed by atoms with Crippen molar-refractivity contribution in [3.8, 4) is 0 Å². The van der Waals surface area contributed by atoms with Gasteiger partial charge in [-0.3, -0.25) is 4.79 Å². The van der Waals surface area contributed by atoms with Crippen LogP contribution in [0, 0.1) is 6.92 Å². The normalized spacial score (nSPS) is 20.5. The summed E-state index contributed by atoms with van der Waals surface area (Å²) in [7, 11) is -3.41. The molecule has 1 amide bonds. The van der Waals surface area contributed by atoms with Crippen LogP contribution in [0.5, 0.6) is 0 Å². The first-order chi connectivity index (χ1) is 14.3. The average molecular weight is 450 g/mol. The fourth-order valence-corrected chi connectivity index (χ4v) is 5.74. The van der Waals surface area contributed by atoms with Gasteiger partial charge >= 0.3 is 0 Å². The Labute approximate surface area is 181 Å². The summed E-state index contributed by atoms with van der Waals surface area (Å²) in [4.78, 5) is 21.5. The standard InChI is InChI=1S/C20H24ClN5O3S/c1-14-18(20(27)24-17-6-4-16(21)5-7-17)12-22-19(23-14)15-8-11-26(13-15)30(28,29)25-9-2-3-10-25/h4-7,12,15H,2-3,8-11,13H2,1H3,(H,24,27)/t15-/m0/s1. The van der Waals surface area contributed by atoms with Gasteiger partial charge in [0, 0.05) is 49.0 Å². The van der Waals surface area contributed by atoms with Gasteiger partial charge in [0.05, 0.1) is 11.3 Å². The highest BCUT2D eigenvalue weighted by Gasteiger charge is 2.38. The summed E-state index contributed by atoms with van der Waals surface area (Å²) in [5.74, 6) is 0.204. The zero-order valence-corrected chi connectivity index (χ0v) is 18.3. The second-order valence-electron chi connectivity index (χ2n) is 7.65. The molecule has 1 N–H and O–H groups in total. The van der Waals surface area contributed by atoms with Gasteiger partial charge in [0.25, 0.3) is 16.1 Å². The number of hydrogen-bond acceptors (Lipinski definition) is 5. The second kappa shape index (κ2) is 8.58. The average Bonchev–Trinajstić information content (AvgIpc) is 3.42. The van der Waals surface area contributed by atoms with Gasteiger partial charge in [0.2, 0.25) is 0 Å². The van der Waals surface area contributed by atoms with Crippen LogP contribution in [0.1, 0.15) is 47.1 Å². The second-order valence-corrected chi connectivity index (χ2v) is 10.0. The van der Waals surface area contributed by atoms with E-state index in [1.165, 1.54) is 10.5 Å². The number of amides is 1. The van der Waals surface area contributed by atoms with E-state index in [0.717, 1.165) is 12.8 Å². The van der Waals surface area contributed by atoms with Gasteiger partial charge < -0.3 is 5.32 Å². The third-order valence-corrected chi connectivity index (χ3v) is 7.83. The molecule has 10 heteroatoms. The maximum Gasteiger partial charge on any atom is 0.281 e. The van der Waals surface area contributed by atoms with Crippen LogP contribution in [0.4, 0.5) is 5.69 Å². The van der Waals surface area contributed by atoms with Crippen LogP contribution in [-0.4, -0.2) is 59.1 Å². The van der Waals surface area contributed by atoms with Crippen molar-refractivity contribution in [2.45, 2.75) is 32.1 Å². The lowest BCUT2D eigenvalue weighted by molar-refractivity contribution is 0.102. The Bertz CT molecular complexity index is 1040. The highest BCUT2D eigenvalue weighted by atomic mass is 35.5. The molecule has 2 aliphatic heterocycles. The number of nitrogens with zero attached hydrogens (tertiary/aromatic N) is 4. The molecule has 2 saturated heterocycles. The number of carbonyl (C=O) groups is 1. The molecule has 160 valence electrons. The molecule has 1 aromatic carbocycles. The molecule has 0 spiro atoms. The zero-order chi connectivity index (χ0) is 21.3. The lowest BCUT2D eigenvalue weighted by Crippen LogP contribution is -2.41. The van der Waals surface area contributed by atoms with Crippen molar-refractivity contribution < 1.29 is 13.2 Å². The summed E-state index contributed by atoms with van der Waals surface area (Å²) in [5, 5.41) is 3.39. The first-order valence-corrected chi connectivity index (χ1v) is 11.8. The lowest BCUT2D eigenvalue weighted by Gasteiger charge is -2.23. The van der Waals surface area contributed by atoms with Gasteiger partial charge in [-0.1, -0.05) is 11.6 Å². The monoisotopic (exact) mass is 449 g/mol. The molecular weight excluding hydrogens is 426 g/mol. The largest absolute Gasteiger partial charge is 0.322 e. The van der Waals surface area contributed by atoms with Crippen molar-refractivity contribution >= 4 is 33.4 Å². The molecule has 0 bridgehead atoms. The number of halogens is 1. The summed E-state index contributed by atoms with van der Waals surface area (Å²) in [5.41, 5.74) is 1.58. The maximum atomic E-state index is 12.8.